The van der Waals surface area contributed by atoms with Gasteiger partial charge in [-0.05, 0) is 25.1 Å². The molecule has 0 unspecified atom stereocenters. The smallest absolute Gasteiger partial charge is 0.234 e. The van der Waals surface area contributed by atoms with Crippen molar-refractivity contribution >= 4 is 34.7 Å². The Hall–Kier alpha value is -2.38. The molecule has 0 saturated carbocycles. The summed E-state index contributed by atoms with van der Waals surface area (Å²) in [6, 6.07) is 11.5. The molecule has 25 heavy (non-hydrogen) atoms. The fourth-order valence-corrected chi connectivity index (χ4v) is 3.74. The van der Waals surface area contributed by atoms with Crippen molar-refractivity contribution < 1.29 is 4.79 Å². The molecular weight excluding hydrogens is 352 g/mol. The zero-order valence-corrected chi connectivity index (χ0v) is 15.4. The van der Waals surface area contributed by atoms with Crippen molar-refractivity contribution in [3.05, 3.63) is 59.3 Å². The van der Waals surface area contributed by atoms with Crippen molar-refractivity contribution in [3.63, 3.8) is 0 Å². The maximum absolute atomic E-state index is 12.1. The zero-order chi connectivity index (χ0) is 17.6. The van der Waals surface area contributed by atoms with Gasteiger partial charge in [-0.15, -0.1) is 28.1 Å². The van der Waals surface area contributed by atoms with Gasteiger partial charge in [0.25, 0.3) is 0 Å². The van der Waals surface area contributed by atoms with E-state index in [1.54, 1.807) is 17.4 Å². The number of amides is 1. The first kappa shape index (κ1) is 17.4. The first-order valence-electron chi connectivity index (χ1n) is 7.74. The van der Waals surface area contributed by atoms with E-state index in [2.05, 4.69) is 40.5 Å². The van der Waals surface area contributed by atoms with Crippen LogP contribution in [0.1, 0.15) is 4.88 Å². The number of nitrogens with zero attached hydrogens (tertiary/aromatic N) is 3. The van der Waals surface area contributed by atoms with Crippen LogP contribution >= 0.6 is 23.1 Å². The van der Waals surface area contributed by atoms with E-state index < -0.39 is 0 Å². The second kappa shape index (κ2) is 8.13. The number of thioether (sulfide) groups is 1. The minimum Gasteiger partial charge on any atom is -0.325 e. The maximum atomic E-state index is 12.1. The SMILES string of the molecule is C=CCn1c(SCC(=O)Nc2ccccc2)nnc1-c1csc(C)c1. The average Bonchev–Trinajstić information content (AvgIpc) is 3.20. The van der Waals surface area contributed by atoms with Gasteiger partial charge in [-0.2, -0.15) is 0 Å². The molecule has 2 heterocycles. The Morgan fingerprint density at radius 3 is 2.84 bits per heavy atom. The van der Waals surface area contributed by atoms with E-state index in [0.29, 0.717) is 11.7 Å². The van der Waals surface area contributed by atoms with Gasteiger partial charge in [-0.1, -0.05) is 36.0 Å². The molecule has 0 aliphatic carbocycles. The highest BCUT2D eigenvalue weighted by Crippen LogP contribution is 2.27. The summed E-state index contributed by atoms with van der Waals surface area (Å²) in [5, 5.41) is 14.2. The van der Waals surface area contributed by atoms with Gasteiger partial charge in [0.05, 0.1) is 5.75 Å². The standard InChI is InChI=1S/C18H18N4OS2/c1-3-9-22-17(14-10-13(2)24-11-14)20-21-18(22)25-12-16(23)19-15-7-5-4-6-8-15/h3-8,10-11H,1,9,12H2,2H3,(H,19,23). The number of rotatable bonds is 7. The quantitative estimate of drug-likeness (QED) is 0.499. The Morgan fingerprint density at radius 1 is 1.36 bits per heavy atom. The maximum Gasteiger partial charge on any atom is 0.234 e. The second-order valence-corrected chi connectivity index (χ2v) is 7.41. The number of carbonyl (C=O) groups excluding carboxylic acids is 1. The van der Waals surface area contributed by atoms with Crippen LogP contribution in [0.5, 0.6) is 0 Å². The molecule has 7 heteroatoms. The fourth-order valence-electron chi connectivity index (χ4n) is 2.31. The third-order valence-electron chi connectivity index (χ3n) is 3.41. The van der Waals surface area contributed by atoms with Crippen molar-refractivity contribution in [3.8, 4) is 11.4 Å². The molecule has 1 N–H and O–H groups in total. The Kier molecular flexibility index (Phi) is 5.67. The van der Waals surface area contributed by atoms with Crippen molar-refractivity contribution in [2.45, 2.75) is 18.6 Å². The molecule has 3 rings (SSSR count). The molecule has 0 aliphatic heterocycles. The largest absolute Gasteiger partial charge is 0.325 e. The summed E-state index contributed by atoms with van der Waals surface area (Å²) in [4.78, 5) is 13.3. The number of anilines is 1. The lowest BCUT2D eigenvalue weighted by Gasteiger charge is -2.07. The van der Waals surface area contributed by atoms with E-state index in [-0.39, 0.29) is 11.7 Å². The van der Waals surface area contributed by atoms with E-state index in [4.69, 9.17) is 0 Å². The molecule has 0 spiro atoms. The minimum atomic E-state index is -0.0720. The predicted octanol–water partition coefficient (Wildman–Crippen LogP) is 4.23. The van der Waals surface area contributed by atoms with Gasteiger partial charge in [-0.3, -0.25) is 9.36 Å². The van der Waals surface area contributed by atoms with Crippen LogP contribution in [-0.2, 0) is 11.3 Å². The Morgan fingerprint density at radius 2 is 2.16 bits per heavy atom. The summed E-state index contributed by atoms with van der Waals surface area (Å²) >= 11 is 3.05. The van der Waals surface area contributed by atoms with Gasteiger partial charge in [0, 0.05) is 28.1 Å². The van der Waals surface area contributed by atoms with E-state index >= 15 is 0 Å². The Bertz CT molecular complexity index is 870. The third kappa shape index (κ3) is 4.37. The topological polar surface area (TPSA) is 59.8 Å². The molecule has 0 aliphatic rings. The van der Waals surface area contributed by atoms with Crippen molar-refractivity contribution in [2.75, 3.05) is 11.1 Å². The van der Waals surface area contributed by atoms with Crippen molar-refractivity contribution in [2.24, 2.45) is 0 Å². The summed E-state index contributed by atoms with van der Waals surface area (Å²) in [6.45, 7) is 6.46. The minimum absolute atomic E-state index is 0.0720. The summed E-state index contributed by atoms with van der Waals surface area (Å²) in [5.74, 6) is 1.000. The number of aryl methyl sites for hydroxylation is 1. The molecular formula is C18H18N4OS2. The average molecular weight is 371 g/mol. The highest BCUT2D eigenvalue weighted by molar-refractivity contribution is 7.99. The highest BCUT2D eigenvalue weighted by atomic mass is 32.2. The first-order valence-corrected chi connectivity index (χ1v) is 9.61. The van der Waals surface area contributed by atoms with Crippen LogP contribution in [0.3, 0.4) is 0 Å². The van der Waals surface area contributed by atoms with Crippen molar-refractivity contribution in [1.29, 1.82) is 0 Å². The molecule has 1 aromatic carbocycles. The van der Waals surface area contributed by atoms with Crippen molar-refractivity contribution in [1.82, 2.24) is 14.8 Å². The first-order chi connectivity index (χ1) is 12.2. The van der Waals surface area contributed by atoms with Crippen LogP contribution in [0.25, 0.3) is 11.4 Å². The van der Waals surface area contributed by atoms with Gasteiger partial charge in [0.15, 0.2) is 11.0 Å². The number of benzene rings is 1. The summed E-state index contributed by atoms with van der Waals surface area (Å²) in [7, 11) is 0. The Labute approximate surface area is 154 Å². The van der Waals surface area contributed by atoms with Crippen LogP contribution in [-0.4, -0.2) is 26.4 Å². The van der Waals surface area contributed by atoms with Crippen LogP contribution in [0, 0.1) is 6.92 Å². The summed E-state index contributed by atoms with van der Waals surface area (Å²) < 4.78 is 1.98. The summed E-state index contributed by atoms with van der Waals surface area (Å²) in [5.41, 5.74) is 1.83. The lowest BCUT2D eigenvalue weighted by atomic mass is 10.3. The molecule has 0 fully saturated rings. The molecule has 0 radical (unpaired) electrons. The van der Waals surface area contributed by atoms with Crippen LogP contribution in [0.4, 0.5) is 5.69 Å². The fraction of sp³-hybridized carbons (Fsp3) is 0.167. The number of para-hydroxylation sites is 1. The van der Waals surface area contributed by atoms with E-state index in [1.165, 1.54) is 16.6 Å². The van der Waals surface area contributed by atoms with E-state index in [9.17, 15) is 4.79 Å². The third-order valence-corrected chi connectivity index (χ3v) is 5.24. The highest BCUT2D eigenvalue weighted by Gasteiger charge is 2.15. The number of nitrogens with one attached hydrogen (secondary N) is 1. The molecule has 2 aromatic heterocycles. The lowest BCUT2D eigenvalue weighted by molar-refractivity contribution is -0.113. The van der Waals surface area contributed by atoms with Crippen LogP contribution < -0.4 is 5.32 Å². The second-order valence-electron chi connectivity index (χ2n) is 5.35. The number of carbonyl (C=O) groups is 1. The van der Waals surface area contributed by atoms with Gasteiger partial charge in [0.2, 0.25) is 5.91 Å². The zero-order valence-electron chi connectivity index (χ0n) is 13.8. The van der Waals surface area contributed by atoms with Gasteiger partial charge in [0.1, 0.15) is 0 Å². The van der Waals surface area contributed by atoms with Gasteiger partial charge < -0.3 is 5.32 Å². The molecule has 0 saturated heterocycles. The van der Waals surface area contributed by atoms with Crippen LogP contribution in [0.2, 0.25) is 0 Å². The number of thiophene rings is 1. The number of allylic oxidation sites excluding steroid dienone is 1. The molecule has 5 nitrogen and oxygen atoms in total. The number of aromatic nitrogens is 3. The van der Waals surface area contributed by atoms with E-state index in [1.807, 2.05) is 34.9 Å². The van der Waals surface area contributed by atoms with Crippen LogP contribution in [0.15, 0.2) is 59.6 Å². The number of hydrogen-bond donors (Lipinski definition) is 1. The molecule has 3 aromatic rings. The Balaban J connectivity index is 1.71. The monoisotopic (exact) mass is 370 g/mol. The predicted molar refractivity (Wildman–Crippen MR) is 104 cm³/mol. The molecule has 0 bridgehead atoms. The summed E-state index contributed by atoms with van der Waals surface area (Å²) in [6.07, 6.45) is 1.81. The molecule has 1 amide bonds. The van der Waals surface area contributed by atoms with Gasteiger partial charge >= 0.3 is 0 Å². The molecule has 0 atom stereocenters. The van der Waals surface area contributed by atoms with Gasteiger partial charge in [-0.25, -0.2) is 0 Å². The number of hydrogen-bond acceptors (Lipinski definition) is 5. The lowest BCUT2D eigenvalue weighted by Crippen LogP contribution is -2.14. The van der Waals surface area contributed by atoms with E-state index in [0.717, 1.165) is 17.1 Å². The normalized spacial score (nSPS) is 10.6. The molecule has 128 valence electrons.